The Bertz CT molecular complexity index is 1470. The monoisotopic (exact) mass is 480 g/mol. The standard InChI is InChI=1S/C28H24N4O2S/c1-19-13-15-21(16-14-19)34-28(33)31-27(23-18-29-25-12-7-17-30-32(23)25)26-20(2)8-6-11-24(26)35-22-9-4-3-5-10-22/h3-18,27H,1-2H3,(H,31,33). The molecule has 0 aliphatic carbocycles. The summed E-state index contributed by atoms with van der Waals surface area (Å²) in [4.78, 5) is 19.8. The van der Waals surface area contributed by atoms with Gasteiger partial charge in [-0.2, -0.15) is 5.10 Å². The van der Waals surface area contributed by atoms with Crippen molar-refractivity contribution in [2.75, 3.05) is 0 Å². The Hall–Kier alpha value is -4.10. The molecule has 7 heteroatoms. The third-order valence-corrected chi connectivity index (χ3v) is 6.72. The average molecular weight is 481 g/mol. The molecule has 3 aromatic carbocycles. The molecule has 6 nitrogen and oxygen atoms in total. The second kappa shape index (κ2) is 10.0. The number of carbonyl (C=O) groups is 1. The first-order chi connectivity index (χ1) is 17.1. The van der Waals surface area contributed by atoms with Gasteiger partial charge in [0.05, 0.1) is 11.9 Å². The lowest BCUT2D eigenvalue weighted by molar-refractivity contribution is 0.197. The number of imidazole rings is 1. The van der Waals surface area contributed by atoms with Gasteiger partial charge in [0.25, 0.3) is 0 Å². The molecule has 1 amide bonds. The number of benzene rings is 3. The molecule has 0 aliphatic rings. The van der Waals surface area contributed by atoms with Crippen molar-refractivity contribution in [2.45, 2.75) is 29.7 Å². The van der Waals surface area contributed by atoms with E-state index in [1.807, 2.05) is 68.4 Å². The SMILES string of the molecule is Cc1ccc(OC(=O)NC(c2c(C)cccc2Sc2ccccc2)c2cnc3cccnn23)cc1. The van der Waals surface area contributed by atoms with E-state index in [0.717, 1.165) is 32.2 Å². The molecule has 0 radical (unpaired) electrons. The first-order valence-electron chi connectivity index (χ1n) is 11.2. The lowest BCUT2D eigenvalue weighted by atomic mass is 9.99. The number of aryl methyl sites for hydroxylation is 2. The Morgan fingerprint density at radius 2 is 1.74 bits per heavy atom. The summed E-state index contributed by atoms with van der Waals surface area (Å²) < 4.78 is 7.37. The summed E-state index contributed by atoms with van der Waals surface area (Å²) in [6, 6.07) is 26.9. The molecule has 2 aromatic heterocycles. The van der Waals surface area contributed by atoms with Gasteiger partial charge in [0.15, 0.2) is 5.65 Å². The highest BCUT2D eigenvalue weighted by atomic mass is 32.2. The number of hydrogen-bond acceptors (Lipinski definition) is 5. The van der Waals surface area contributed by atoms with Gasteiger partial charge in [-0.15, -0.1) is 0 Å². The molecule has 0 saturated heterocycles. The van der Waals surface area contributed by atoms with Crippen molar-refractivity contribution in [1.29, 1.82) is 0 Å². The molecular formula is C28H24N4O2S. The van der Waals surface area contributed by atoms with Crippen LogP contribution in [-0.2, 0) is 0 Å². The maximum atomic E-state index is 13.1. The van der Waals surface area contributed by atoms with E-state index in [2.05, 4.69) is 33.6 Å². The molecular weight excluding hydrogens is 456 g/mol. The van der Waals surface area contributed by atoms with Gasteiger partial charge in [0.2, 0.25) is 0 Å². The number of ether oxygens (including phenoxy) is 1. The fourth-order valence-electron chi connectivity index (χ4n) is 3.93. The van der Waals surface area contributed by atoms with Gasteiger partial charge >= 0.3 is 6.09 Å². The minimum absolute atomic E-state index is 0.479. The maximum absolute atomic E-state index is 13.1. The van der Waals surface area contributed by atoms with E-state index in [4.69, 9.17) is 4.74 Å². The van der Waals surface area contributed by atoms with E-state index in [1.165, 1.54) is 0 Å². The summed E-state index contributed by atoms with van der Waals surface area (Å²) in [6.07, 6.45) is 2.91. The third-order valence-electron chi connectivity index (χ3n) is 5.64. The molecule has 5 aromatic rings. The number of rotatable bonds is 6. The number of amides is 1. The molecule has 1 atom stereocenters. The quantitative estimate of drug-likeness (QED) is 0.306. The lowest BCUT2D eigenvalue weighted by Gasteiger charge is -2.23. The number of nitrogens with one attached hydrogen (secondary N) is 1. The van der Waals surface area contributed by atoms with E-state index in [-0.39, 0.29) is 0 Å². The van der Waals surface area contributed by atoms with Crippen molar-refractivity contribution < 1.29 is 9.53 Å². The minimum atomic E-state index is -0.552. The van der Waals surface area contributed by atoms with Crippen LogP contribution in [0.15, 0.2) is 107 Å². The average Bonchev–Trinajstić information content (AvgIpc) is 3.29. The molecule has 1 N–H and O–H groups in total. The Balaban J connectivity index is 1.56. The van der Waals surface area contributed by atoms with Crippen LogP contribution >= 0.6 is 11.8 Å². The number of fused-ring (bicyclic) bond motifs is 1. The summed E-state index contributed by atoms with van der Waals surface area (Å²) in [5.41, 5.74) is 4.54. The van der Waals surface area contributed by atoms with Gasteiger partial charge in [0.1, 0.15) is 11.8 Å². The van der Waals surface area contributed by atoms with E-state index < -0.39 is 12.1 Å². The molecule has 0 aliphatic heterocycles. The van der Waals surface area contributed by atoms with Crippen LogP contribution in [-0.4, -0.2) is 20.7 Å². The number of aromatic nitrogens is 3. The molecule has 5 rings (SSSR count). The van der Waals surface area contributed by atoms with Crippen molar-refractivity contribution in [1.82, 2.24) is 19.9 Å². The number of hydrogen-bond donors (Lipinski definition) is 1. The largest absolute Gasteiger partial charge is 0.413 e. The molecule has 0 saturated carbocycles. The topological polar surface area (TPSA) is 68.5 Å². The van der Waals surface area contributed by atoms with Crippen molar-refractivity contribution in [3.63, 3.8) is 0 Å². The first-order valence-corrected chi connectivity index (χ1v) is 12.1. The highest BCUT2D eigenvalue weighted by Crippen LogP contribution is 2.37. The highest BCUT2D eigenvalue weighted by Gasteiger charge is 2.26. The van der Waals surface area contributed by atoms with Gasteiger partial charge in [0, 0.05) is 16.0 Å². The van der Waals surface area contributed by atoms with Crippen LogP contribution in [0.25, 0.3) is 5.65 Å². The zero-order valence-corrected chi connectivity index (χ0v) is 20.2. The Morgan fingerprint density at radius 3 is 2.54 bits per heavy atom. The van der Waals surface area contributed by atoms with Crippen molar-refractivity contribution in [3.05, 3.63) is 120 Å². The molecule has 2 heterocycles. The normalized spacial score (nSPS) is 11.8. The number of nitrogens with zero attached hydrogens (tertiary/aromatic N) is 3. The van der Waals surface area contributed by atoms with Crippen LogP contribution in [0.2, 0.25) is 0 Å². The van der Waals surface area contributed by atoms with E-state index >= 15 is 0 Å². The second-order valence-corrected chi connectivity index (χ2v) is 9.27. The van der Waals surface area contributed by atoms with Crippen molar-refractivity contribution in [2.24, 2.45) is 0 Å². The lowest BCUT2D eigenvalue weighted by Crippen LogP contribution is -2.33. The molecule has 35 heavy (non-hydrogen) atoms. The predicted molar refractivity (Wildman–Crippen MR) is 137 cm³/mol. The van der Waals surface area contributed by atoms with Crippen LogP contribution < -0.4 is 10.1 Å². The minimum Gasteiger partial charge on any atom is -0.410 e. The summed E-state index contributed by atoms with van der Waals surface area (Å²) in [5, 5.41) is 7.57. The zero-order valence-electron chi connectivity index (χ0n) is 19.4. The van der Waals surface area contributed by atoms with Crippen molar-refractivity contribution >= 4 is 23.5 Å². The zero-order chi connectivity index (χ0) is 24.2. The fourth-order valence-corrected chi connectivity index (χ4v) is 5.01. The van der Waals surface area contributed by atoms with Crippen LogP contribution in [0.5, 0.6) is 5.75 Å². The fraction of sp³-hybridized carbons (Fsp3) is 0.107. The van der Waals surface area contributed by atoms with Crippen LogP contribution in [0.4, 0.5) is 4.79 Å². The first kappa shape index (κ1) is 22.7. The van der Waals surface area contributed by atoms with E-state index in [9.17, 15) is 4.79 Å². The smallest absolute Gasteiger partial charge is 0.410 e. The Morgan fingerprint density at radius 1 is 0.943 bits per heavy atom. The molecule has 1 unspecified atom stereocenters. The van der Waals surface area contributed by atoms with Gasteiger partial charge in [-0.05, 0) is 67.4 Å². The predicted octanol–water partition coefficient (Wildman–Crippen LogP) is 6.38. The summed E-state index contributed by atoms with van der Waals surface area (Å²) in [7, 11) is 0. The van der Waals surface area contributed by atoms with E-state index in [1.54, 1.807) is 40.8 Å². The number of carbonyl (C=O) groups excluding carboxylic acids is 1. The summed E-state index contributed by atoms with van der Waals surface area (Å²) in [5.74, 6) is 0.479. The van der Waals surface area contributed by atoms with Crippen LogP contribution in [0.3, 0.4) is 0 Å². The molecule has 174 valence electrons. The van der Waals surface area contributed by atoms with Crippen molar-refractivity contribution in [3.8, 4) is 5.75 Å². The summed E-state index contributed by atoms with van der Waals surface area (Å²) >= 11 is 1.65. The Labute approximate surface area is 208 Å². The van der Waals surface area contributed by atoms with Gasteiger partial charge < -0.3 is 10.1 Å². The van der Waals surface area contributed by atoms with Crippen LogP contribution in [0.1, 0.15) is 28.4 Å². The van der Waals surface area contributed by atoms with Gasteiger partial charge in [-0.25, -0.2) is 14.3 Å². The second-order valence-electron chi connectivity index (χ2n) is 8.16. The van der Waals surface area contributed by atoms with Gasteiger partial charge in [-0.3, -0.25) is 0 Å². The van der Waals surface area contributed by atoms with E-state index in [0.29, 0.717) is 11.4 Å². The van der Waals surface area contributed by atoms with Crippen LogP contribution in [0, 0.1) is 13.8 Å². The Kier molecular flexibility index (Phi) is 6.50. The molecule has 0 bridgehead atoms. The van der Waals surface area contributed by atoms with Gasteiger partial charge in [-0.1, -0.05) is 59.8 Å². The maximum Gasteiger partial charge on any atom is 0.413 e. The highest BCUT2D eigenvalue weighted by molar-refractivity contribution is 7.99. The summed E-state index contributed by atoms with van der Waals surface area (Å²) in [6.45, 7) is 4.03. The molecule has 0 fully saturated rings. The molecule has 0 spiro atoms. The third kappa shape index (κ3) is 5.05.